The number of aliphatic hydroxyl groups is 2. The van der Waals surface area contributed by atoms with Crippen LogP contribution in [0.2, 0.25) is 0 Å². The second-order valence-electron chi connectivity index (χ2n) is 5.32. The molecule has 2 aliphatic rings. The van der Waals surface area contributed by atoms with Gasteiger partial charge in [-0.2, -0.15) is 0 Å². The van der Waals surface area contributed by atoms with Gasteiger partial charge in [-0.05, 0) is 0 Å². The van der Waals surface area contributed by atoms with Crippen molar-refractivity contribution in [3.8, 4) is 0 Å². The number of benzene rings is 1. The van der Waals surface area contributed by atoms with Crippen molar-refractivity contribution in [3.05, 3.63) is 48.6 Å². The Bertz CT molecular complexity index is 491. The number of fused-ring (bicyclic) bond motifs is 1. The molecule has 1 aromatic rings. The molecule has 120 valence electrons. The van der Waals surface area contributed by atoms with Crippen LogP contribution < -0.4 is 0 Å². The van der Waals surface area contributed by atoms with Crippen molar-refractivity contribution >= 4 is 0 Å². The second kappa shape index (κ2) is 6.87. The van der Waals surface area contributed by atoms with Crippen LogP contribution in [0.25, 0.3) is 0 Å². The molecule has 22 heavy (non-hydrogen) atoms. The highest BCUT2D eigenvalue weighted by Gasteiger charge is 2.49. The van der Waals surface area contributed by atoms with Crippen molar-refractivity contribution in [2.45, 2.75) is 37.0 Å². The summed E-state index contributed by atoms with van der Waals surface area (Å²) in [7, 11) is 0. The van der Waals surface area contributed by atoms with Gasteiger partial charge in [-0.1, -0.05) is 36.4 Å². The first-order valence-electron chi connectivity index (χ1n) is 7.27. The monoisotopic (exact) mass is 308 g/mol. The Hall–Kier alpha value is -1.28. The predicted molar refractivity (Wildman–Crippen MR) is 76.8 cm³/mol. The van der Waals surface area contributed by atoms with E-state index in [1.807, 2.05) is 30.3 Å². The molecule has 6 nitrogen and oxygen atoms in total. The van der Waals surface area contributed by atoms with Gasteiger partial charge >= 0.3 is 0 Å². The predicted octanol–water partition coefficient (Wildman–Crippen LogP) is 0.750. The van der Waals surface area contributed by atoms with E-state index < -0.39 is 37.0 Å². The number of hydrogen-bond donors (Lipinski definition) is 2. The van der Waals surface area contributed by atoms with Crippen molar-refractivity contribution < 1.29 is 29.2 Å². The smallest absolute Gasteiger partial charge is 0.187 e. The molecule has 0 radical (unpaired) electrons. The largest absolute Gasteiger partial charge is 0.387 e. The number of hydrogen-bond acceptors (Lipinski definition) is 6. The molecule has 2 N–H and O–H groups in total. The van der Waals surface area contributed by atoms with Gasteiger partial charge in [0.2, 0.25) is 0 Å². The average molecular weight is 308 g/mol. The Morgan fingerprint density at radius 2 is 1.95 bits per heavy atom. The molecule has 2 aliphatic heterocycles. The van der Waals surface area contributed by atoms with Crippen LogP contribution in [-0.4, -0.2) is 54.1 Å². The van der Waals surface area contributed by atoms with E-state index >= 15 is 0 Å². The van der Waals surface area contributed by atoms with Crippen molar-refractivity contribution in [2.24, 2.45) is 0 Å². The van der Waals surface area contributed by atoms with Crippen LogP contribution in [-0.2, 0) is 18.9 Å². The van der Waals surface area contributed by atoms with Crippen LogP contribution in [0.5, 0.6) is 0 Å². The summed E-state index contributed by atoms with van der Waals surface area (Å²) in [6.45, 7) is 4.01. The SMILES string of the molecule is C=CCOC1OC2COC(c3ccccc3)O[C@H]2[C@H](O)C1O. The van der Waals surface area contributed by atoms with Crippen LogP contribution in [0.1, 0.15) is 11.9 Å². The van der Waals surface area contributed by atoms with Gasteiger partial charge in [0.15, 0.2) is 12.6 Å². The molecule has 1 aromatic carbocycles. The molecule has 6 heteroatoms. The molecule has 0 amide bonds. The number of rotatable bonds is 4. The Labute approximate surface area is 128 Å². The topological polar surface area (TPSA) is 77.4 Å². The van der Waals surface area contributed by atoms with Crippen LogP contribution in [0.4, 0.5) is 0 Å². The maximum absolute atomic E-state index is 10.3. The van der Waals surface area contributed by atoms with Crippen LogP contribution >= 0.6 is 0 Å². The Balaban J connectivity index is 1.69. The lowest BCUT2D eigenvalue weighted by atomic mass is 9.98. The Morgan fingerprint density at radius 3 is 2.68 bits per heavy atom. The minimum Gasteiger partial charge on any atom is -0.387 e. The lowest BCUT2D eigenvalue weighted by molar-refractivity contribution is -0.360. The van der Waals surface area contributed by atoms with Crippen molar-refractivity contribution in [3.63, 3.8) is 0 Å². The van der Waals surface area contributed by atoms with E-state index in [0.717, 1.165) is 5.56 Å². The van der Waals surface area contributed by atoms with Crippen LogP contribution in [0.3, 0.4) is 0 Å². The van der Waals surface area contributed by atoms with Crippen LogP contribution in [0.15, 0.2) is 43.0 Å². The third-order valence-corrected chi connectivity index (χ3v) is 3.78. The summed E-state index contributed by atoms with van der Waals surface area (Å²) >= 11 is 0. The Kier molecular flexibility index (Phi) is 4.87. The molecule has 0 aliphatic carbocycles. The summed E-state index contributed by atoms with van der Waals surface area (Å²) in [6.07, 6.45) is -3.41. The van der Waals surface area contributed by atoms with E-state index in [1.165, 1.54) is 0 Å². The molecule has 2 fully saturated rings. The zero-order chi connectivity index (χ0) is 15.5. The van der Waals surface area contributed by atoms with Gasteiger partial charge in [0.05, 0.1) is 13.2 Å². The molecule has 2 heterocycles. The van der Waals surface area contributed by atoms with E-state index in [2.05, 4.69) is 6.58 Å². The normalized spacial score (nSPS) is 38.3. The maximum Gasteiger partial charge on any atom is 0.187 e. The molecule has 2 saturated heterocycles. The molecule has 0 saturated carbocycles. The molecule has 6 atom stereocenters. The standard InChI is InChI=1S/C16H20O6/c1-2-8-19-16-13(18)12(17)14-11(21-16)9-20-15(22-14)10-6-4-3-5-7-10/h2-7,11-18H,1,8-9H2/t11?,12-,13?,14-,15?,16?/m1/s1. The summed E-state index contributed by atoms with van der Waals surface area (Å²) in [5, 5.41) is 20.4. The first-order chi connectivity index (χ1) is 10.7. The van der Waals surface area contributed by atoms with Crippen LogP contribution in [0, 0.1) is 0 Å². The van der Waals surface area contributed by atoms with Gasteiger partial charge in [-0.15, -0.1) is 6.58 Å². The van der Waals surface area contributed by atoms with Gasteiger partial charge in [0.1, 0.15) is 24.4 Å². The van der Waals surface area contributed by atoms with E-state index in [-0.39, 0.29) is 13.2 Å². The third-order valence-electron chi connectivity index (χ3n) is 3.78. The molecule has 0 spiro atoms. The van der Waals surface area contributed by atoms with Crippen molar-refractivity contribution in [1.29, 1.82) is 0 Å². The van der Waals surface area contributed by atoms with Gasteiger partial charge in [-0.25, -0.2) is 0 Å². The zero-order valence-electron chi connectivity index (χ0n) is 12.1. The number of ether oxygens (including phenoxy) is 4. The molecule has 4 unspecified atom stereocenters. The summed E-state index contributed by atoms with van der Waals surface area (Å²) in [5.41, 5.74) is 0.854. The van der Waals surface area contributed by atoms with Gasteiger partial charge in [0, 0.05) is 5.56 Å². The Morgan fingerprint density at radius 1 is 1.18 bits per heavy atom. The number of aliphatic hydroxyl groups excluding tert-OH is 2. The summed E-state index contributed by atoms with van der Waals surface area (Å²) in [6, 6.07) is 9.44. The minimum atomic E-state index is -1.18. The summed E-state index contributed by atoms with van der Waals surface area (Å²) in [4.78, 5) is 0. The van der Waals surface area contributed by atoms with E-state index in [4.69, 9.17) is 18.9 Å². The lowest BCUT2D eigenvalue weighted by Gasteiger charge is -2.46. The fourth-order valence-corrected chi connectivity index (χ4v) is 2.66. The molecular weight excluding hydrogens is 288 g/mol. The van der Waals surface area contributed by atoms with E-state index in [9.17, 15) is 10.2 Å². The van der Waals surface area contributed by atoms with Gasteiger partial charge in [0.25, 0.3) is 0 Å². The van der Waals surface area contributed by atoms with Crippen molar-refractivity contribution in [2.75, 3.05) is 13.2 Å². The van der Waals surface area contributed by atoms with Gasteiger partial charge in [-0.3, -0.25) is 0 Å². The zero-order valence-corrected chi connectivity index (χ0v) is 12.1. The van der Waals surface area contributed by atoms with Crippen molar-refractivity contribution in [1.82, 2.24) is 0 Å². The first kappa shape index (κ1) is 15.6. The van der Waals surface area contributed by atoms with Gasteiger partial charge < -0.3 is 29.2 Å². The quantitative estimate of drug-likeness (QED) is 0.799. The summed E-state index contributed by atoms with van der Waals surface area (Å²) < 4.78 is 22.4. The average Bonchev–Trinajstić information content (AvgIpc) is 2.57. The minimum absolute atomic E-state index is 0.222. The fourth-order valence-electron chi connectivity index (χ4n) is 2.66. The maximum atomic E-state index is 10.3. The highest BCUT2D eigenvalue weighted by molar-refractivity contribution is 5.16. The van der Waals surface area contributed by atoms with E-state index in [1.54, 1.807) is 6.08 Å². The summed E-state index contributed by atoms with van der Waals surface area (Å²) in [5.74, 6) is 0. The highest BCUT2D eigenvalue weighted by atomic mass is 16.8. The first-order valence-corrected chi connectivity index (χ1v) is 7.27. The molecular formula is C16H20O6. The third kappa shape index (κ3) is 3.08. The highest BCUT2D eigenvalue weighted by Crippen LogP contribution is 2.34. The van der Waals surface area contributed by atoms with E-state index in [0.29, 0.717) is 0 Å². The lowest BCUT2D eigenvalue weighted by Crippen LogP contribution is -2.62. The molecule has 0 bridgehead atoms. The molecule has 0 aromatic heterocycles. The second-order valence-corrected chi connectivity index (χ2v) is 5.32. The fraction of sp³-hybridized carbons (Fsp3) is 0.500. The molecule has 3 rings (SSSR count).